The zero-order valence-electron chi connectivity index (χ0n) is 9.30. The lowest BCUT2D eigenvalue weighted by Gasteiger charge is -2.28. The van der Waals surface area contributed by atoms with Gasteiger partial charge in [-0.15, -0.1) is 0 Å². The van der Waals surface area contributed by atoms with Crippen molar-refractivity contribution >= 4 is 5.69 Å². The van der Waals surface area contributed by atoms with Gasteiger partial charge in [0.15, 0.2) is 0 Å². The lowest BCUT2D eigenvalue weighted by molar-refractivity contribution is 0.330. The van der Waals surface area contributed by atoms with Crippen LogP contribution in [0.15, 0.2) is 18.2 Å². The number of nitrogens with one attached hydrogen (secondary N) is 2. The predicted molar refractivity (Wildman–Crippen MR) is 63.2 cm³/mol. The Labute approximate surface area is 95.2 Å². The summed E-state index contributed by atoms with van der Waals surface area (Å²) in [6.45, 7) is 3.22. The molecule has 16 heavy (non-hydrogen) atoms. The van der Waals surface area contributed by atoms with Crippen LogP contribution in [-0.2, 0) is 0 Å². The van der Waals surface area contributed by atoms with Crippen molar-refractivity contribution in [3.63, 3.8) is 0 Å². The third-order valence-electron chi connectivity index (χ3n) is 3.88. The van der Waals surface area contributed by atoms with Crippen molar-refractivity contribution in [3.05, 3.63) is 29.6 Å². The molecule has 1 aromatic rings. The molecule has 1 saturated heterocycles. The van der Waals surface area contributed by atoms with Crippen LogP contribution < -0.4 is 10.6 Å². The summed E-state index contributed by atoms with van der Waals surface area (Å²) in [7, 11) is 0. The van der Waals surface area contributed by atoms with E-state index in [-0.39, 0.29) is 5.82 Å². The fraction of sp³-hybridized carbons (Fsp3) is 0.538. The van der Waals surface area contributed by atoms with Crippen molar-refractivity contribution in [2.75, 3.05) is 25.0 Å². The van der Waals surface area contributed by atoms with E-state index in [0.29, 0.717) is 5.92 Å². The summed E-state index contributed by atoms with van der Waals surface area (Å²) in [5.74, 6) is 1.19. The largest absolute Gasteiger partial charge is 0.384 e. The number of piperidine rings is 1. The van der Waals surface area contributed by atoms with Gasteiger partial charge in [-0.3, -0.25) is 0 Å². The summed E-state index contributed by atoms with van der Waals surface area (Å²) >= 11 is 0. The molecule has 0 bridgehead atoms. The van der Waals surface area contributed by atoms with E-state index >= 15 is 0 Å². The van der Waals surface area contributed by atoms with Crippen LogP contribution in [0.4, 0.5) is 10.1 Å². The Bertz CT molecular complexity index is 386. The fourth-order valence-corrected chi connectivity index (χ4v) is 3.00. The average molecular weight is 220 g/mol. The van der Waals surface area contributed by atoms with E-state index in [2.05, 4.69) is 10.6 Å². The highest BCUT2D eigenvalue weighted by molar-refractivity contribution is 5.58. The lowest BCUT2D eigenvalue weighted by atomic mass is 9.82. The van der Waals surface area contributed by atoms with Crippen molar-refractivity contribution in [2.45, 2.75) is 18.8 Å². The van der Waals surface area contributed by atoms with Crippen molar-refractivity contribution in [1.82, 2.24) is 5.32 Å². The third-order valence-corrected chi connectivity index (χ3v) is 3.88. The smallest absolute Gasteiger partial charge is 0.125 e. The first-order valence-electron chi connectivity index (χ1n) is 6.08. The van der Waals surface area contributed by atoms with Crippen LogP contribution in [0, 0.1) is 11.7 Å². The number of hydrogen-bond acceptors (Lipinski definition) is 2. The first kappa shape index (κ1) is 10.1. The molecule has 0 aliphatic carbocycles. The maximum atomic E-state index is 13.1. The Balaban J connectivity index is 1.84. The summed E-state index contributed by atoms with van der Waals surface area (Å²) in [6.07, 6.45) is 2.48. The summed E-state index contributed by atoms with van der Waals surface area (Å²) < 4.78 is 13.1. The van der Waals surface area contributed by atoms with E-state index in [0.717, 1.165) is 31.2 Å². The van der Waals surface area contributed by atoms with Crippen LogP contribution in [0.3, 0.4) is 0 Å². The van der Waals surface area contributed by atoms with Gasteiger partial charge in [0.25, 0.3) is 0 Å². The first-order valence-corrected chi connectivity index (χ1v) is 6.08. The Morgan fingerprint density at radius 1 is 1.19 bits per heavy atom. The van der Waals surface area contributed by atoms with E-state index in [1.54, 1.807) is 12.1 Å². The molecule has 2 nitrogen and oxygen atoms in total. The number of halogens is 1. The van der Waals surface area contributed by atoms with Gasteiger partial charge in [-0.2, -0.15) is 0 Å². The molecule has 1 fully saturated rings. The van der Waals surface area contributed by atoms with Crippen molar-refractivity contribution < 1.29 is 4.39 Å². The predicted octanol–water partition coefficient (Wildman–Crippen LogP) is 2.33. The second kappa shape index (κ2) is 4.06. The quantitative estimate of drug-likeness (QED) is 0.759. The molecule has 2 heterocycles. The van der Waals surface area contributed by atoms with Crippen LogP contribution in [-0.4, -0.2) is 19.6 Å². The van der Waals surface area contributed by atoms with Gasteiger partial charge in [-0.25, -0.2) is 4.39 Å². The van der Waals surface area contributed by atoms with Crippen molar-refractivity contribution in [2.24, 2.45) is 5.92 Å². The SMILES string of the molecule is Fc1ccc2c(c1)NCC2C1CCNCC1. The van der Waals surface area contributed by atoms with E-state index in [1.807, 2.05) is 6.07 Å². The zero-order chi connectivity index (χ0) is 11.0. The van der Waals surface area contributed by atoms with E-state index < -0.39 is 0 Å². The number of hydrogen-bond donors (Lipinski definition) is 2. The molecule has 0 amide bonds. The molecule has 2 aliphatic rings. The Hall–Kier alpha value is -1.09. The van der Waals surface area contributed by atoms with Crippen LogP contribution >= 0.6 is 0 Å². The molecule has 3 heteroatoms. The van der Waals surface area contributed by atoms with Crippen molar-refractivity contribution in [3.8, 4) is 0 Å². The van der Waals surface area contributed by atoms with Gasteiger partial charge < -0.3 is 10.6 Å². The number of benzene rings is 1. The molecule has 0 saturated carbocycles. The molecular formula is C13H17FN2. The highest BCUT2D eigenvalue weighted by atomic mass is 19.1. The fourth-order valence-electron chi connectivity index (χ4n) is 3.00. The summed E-state index contributed by atoms with van der Waals surface area (Å²) in [5, 5.41) is 6.72. The molecule has 2 aliphatic heterocycles. The van der Waals surface area contributed by atoms with Crippen LogP contribution in [0.25, 0.3) is 0 Å². The lowest BCUT2D eigenvalue weighted by Crippen LogP contribution is -2.31. The molecule has 0 radical (unpaired) electrons. The summed E-state index contributed by atoms with van der Waals surface area (Å²) in [6, 6.07) is 5.16. The number of anilines is 1. The Morgan fingerprint density at radius 3 is 2.81 bits per heavy atom. The average Bonchev–Trinajstić information content (AvgIpc) is 2.73. The monoisotopic (exact) mass is 220 g/mol. The molecule has 0 aromatic heterocycles. The second-order valence-corrected chi connectivity index (χ2v) is 4.81. The Morgan fingerprint density at radius 2 is 2.00 bits per heavy atom. The third kappa shape index (κ3) is 1.69. The minimum Gasteiger partial charge on any atom is -0.384 e. The molecule has 1 unspecified atom stereocenters. The van der Waals surface area contributed by atoms with Crippen LogP contribution in [0.5, 0.6) is 0 Å². The van der Waals surface area contributed by atoms with Gasteiger partial charge in [0.05, 0.1) is 0 Å². The second-order valence-electron chi connectivity index (χ2n) is 4.81. The molecule has 0 spiro atoms. The standard InChI is InChI=1S/C13H17FN2/c14-10-1-2-11-12(8-16-13(11)7-10)9-3-5-15-6-4-9/h1-2,7,9,12,15-16H,3-6,8H2. The highest BCUT2D eigenvalue weighted by Gasteiger charge is 2.30. The van der Waals surface area contributed by atoms with E-state index in [4.69, 9.17) is 0 Å². The van der Waals surface area contributed by atoms with Gasteiger partial charge in [-0.05, 0) is 49.5 Å². The van der Waals surface area contributed by atoms with Crippen LogP contribution in [0.1, 0.15) is 24.3 Å². The Kier molecular flexibility index (Phi) is 2.56. The number of fused-ring (bicyclic) bond motifs is 1. The summed E-state index contributed by atoms with van der Waals surface area (Å²) in [5.41, 5.74) is 2.32. The molecule has 1 aromatic carbocycles. The topological polar surface area (TPSA) is 24.1 Å². The molecular weight excluding hydrogens is 203 g/mol. The van der Waals surface area contributed by atoms with E-state index in [9.17, 15) is 4.39 Å². The van der Waals surface area contributed by atoms with Crippen molar-refractivity contribution in [1.29, 1.82) is 0 Å². The van der Waals surface area contributed by atoms with Gasteiger partial charge in [0.1, 0.15) is 5.82 Å². The van der Waals surface area contributed by atoms with Gasteiger partial charge in [0.2, 0.25) is 0 Å². The highest BCUT2D eigenvalue weighted by Crippen LogP contribution is 2.39. The van der Waals surface area contributed by atoms with Gasteiger partial charge in [0, 0.05) is 18.2 Å². The maximum absolute atomic E-state index is 13.1. The summed E-state index contributed by atoms with van der Waals surface area (Å²) in [4.78, 5) is 0. The molecule has 3 rings (SSSR count). The first-order chi connectivity index (χ1) is 7.84. The van der Waals surface area contributed by atoms with Crippen LogP contribution in [0.2, 0.25) is 0 Å². The molecule has 2 N–H and O–H groups in total. The zero-order valence-corrected chi connectivity index (χ0v) is 9.30. The number of rotatable bonds is 1. The minimum atomic E-state index is -0.141. The normalized spacial score (nSPS) is 25.2. The van der Waals surface area contributed by atoms with Gasteiger partial charge >= 0.3 is 0 Å². The molecule has 86 valence electrons. The molecule has 1 atom stereocenters. The van der Waals surface area contributed by atoms with Gasteiger partial charge in [-0.1, -0.05) is 6.07 Å². The van der Waals surface area contributed by atoms with E-state index in [1.165, 1.54) is 18.4 Å². The minimum absolute atomic E-state index is 0.141. The maximum Gasteiger partial charge on any atom is 0.125 e.